The van der Waals surface area contributed by atoms with E-state index in [0.29, 0.717) is 10.6 Å². The van der Waals surface area contributed by atoms with Crippen molar-refractivity contribution in [3.63, 3.8) is 0 Å². The highest BCUT2D eigenvalue weighted by atomic mass is 35.5. The van der Waals surface area contributed by atoms with Crippen LogP contribution in [0.15, 0.2) is 54.6 Å². The van der Waals surface area contributed by atoms with E-state index in [0.717, 1.165) is 12.8 Å². The van der Waals surface area contributed by atoms with Crippen molar-refractivity contribution in [2.45, 2.75) is 32.2 Å². The van der Waals surface area contributed by atoms with Crippen LogP contribution < -0.4 is 10.6 Å². The summed E-state index contributed by atoms with van der Waals surface area (Å²) in [6.07, 6.45) is 2.04. The molecule has 132 valence electrons. The van der Waals surface area contributed by atoms with Crippen molar-refractivity contribution >= 4 is 23.4 Å². The molecule has 0 saturated carbocycles. The maximum Gasteiger partial charge on any atom is 0.252 e. The van der Waals surface area contributed by atoms with Gasteiger partial charge in [-0.2, -0.15) is 0 Å². The van der Waals surface area contributed by atoms with Gasteiger partial charge in [0.15, 0.2) is 0 Å². The molecule has 4 nitrogen and oxygen atoms in total. The number of amides is 2. The molecule has 0 aliphatic rings. The Morgan fingerprint density at radius 3 is 2.44 bits per heavy atom. The molecule has 1 atom stereocenters. The van der Waals surface area contributed by atoms with Gasteiger partial charge in [0.05, 0.1) is 10.6 Å². The van der Waals surface area contributed by atoms with Crippen molar-refractivity contribution in [1.82, 2.24) is 10.6 Å². The maximum atomic E-state index is 12.0. The number of hydrogen-bond donors (Lipinski definition) is 2. The molecule has 0 bridgehead atoms. The second-order valence-corrected chi connectivity index (χ2v) is 6.39. The molecule has 2 aromatic carbocycles. The molecule has 0 heterocycles. The van der Waals surface area contributed by atoms with Gasteiger partial charge in [0.25, 0.3) is 5.91 Å². The van der Waals surface area contributed by atoms with Crippen molar-refractivity contribution < 1.29 is 9.59 Å². The fourth-order valence-electron chi connectivity index (χ4n) is 2.48. The smallest absolute Gasteiger partial charge is 0.252 e. The molecule has 0 unspecified atom stereocenters. The molecule has 0 fully saturated rings. The van der Waals surface area contributed by atoms with Crippen LogP contribution in [0.5, 0.6) is 0 Å². The van der Waals surface area contributed by atoms with Crippen LogP contribution in [0.2, 0.25) is 5.02 Å². The summed E-state index contributed by atoms with van der Waals surface area (Å²) in [5.41, 5.74) is 1.68. The molecule has 2 aromatic rings. The summed E-state index contributed by atoms with van der Waals surface area (Å²) in [4.78, 5) is 24.0. The molecular weight excluding hydrogens is 336 g/mol. The van der Waals surface area contributed by atoms with Crippen LogP contribution >= 0.6 is 11.6 Å². The molecule has 0 aromatic heterocycles. The van der Waals surface area contributed by atoms with Crippen LogP contribution in [0.3, 0.4) is 0 Å². The summed E-state index contributed by atoms with van der Waals surface area (Å²) < 4.78 is 0. The highest BCUT2D eigenvalue weighted by Gasteiger charge is 2.11. The van der Waals surface area contributed by atoms with E-state index in [-0.39, 0.29) is 30.8 Å². The minimum absolute atomic E-state index is 0.0694. The lowest BCUT2D eigenvalue weighted by atomic mass is 10.1. The van der Waals surface area contributed by atoms with E-state index in [1.807, 2.05) is 25.1 Å². The lowest BCUT2D eigenvalue weighted by Crippen LogP contribution is -2.35. The van der Waals surface area contributed by atoms with Gasteiger partial charge in [-0.3, -0.25) is 9.59 Å². The number of carbonyl (C=O) groups excluding carboxylic acids is 2. The molecule has 25 heavy (non-hydrogen) atoms. The van der Waals surface area contributed by atoms with E-state index in [2.05, 4.69) is 22.8 Å². The molecule has 2 rings (SSSR count). The van der Waals surface area contributed by atoms with Gasteiger partial charge < -0.3 is 10.6 Å². The van der Waals surface area contributed by atoms with E-state index in [1.54, 1.807) is 24.3 Å². The summed E-state index contributed by atoms with van der Waals surface area (Å²) in [7, 11) is 0. The number of nitrogens with one attached hydrogen (secondary N) is 2. The van der Waals surface area contributed by atoms with Gasteiger partial charge in [0, 0.05) is 19.0 Å². The van der Waals surface area contributed by atoms with Crippen LogP contribution in [0, 0.1) is 0 Å². The van der Waals surface area contributed by atoms with Gasteiger partial charge in [0.2, 0.25) is 5.91 Å². The summed E-state index contributed by atoms with van der Waals surface area (Å²) in [6.45, 7) is 2.27. The second kappa shape index (κ2) is 9.84. The SMILES string of the molecule is C[C@@H](CCc1ccccc1)NC(=O)CCNC(=O)c1ccccc1Cl. The first-order chi connectivity index (χ1) is 12.1. The van der Waals surface area contributed by atoms with Gasteiger partial charge in [-0.1, -0.05) is 54.1 Å². The van der Waals surface area contributed by atoms with Crippen LogP contribution in [-0.4, -0.2) is 24.4 Å². The number of rotatable bonds is 8. The lowest BCUT2D eigenvalue weighted by molar-refractivity contribution is -0.121. The fraction of sp³-hybridized carbons (Fsp3) is 0.300. The standard InChI is InChI=1S/C20H23ClN2O2/c1-15(11-12-16-7-3-2-4-8-16)23-19(24)13-14-22-20(25)17-9-5-6-10-18(17)21/h2-10,15H,11-14H2,1H3,(H,22,25)(H,23,24)/t15-/m0/s1. The number of benzene rings is 2. The molecule has 0 saturated heterocycles. The normalized spacial score (nSPS) is 11.6. The van der Waals surface area contributed by atoms with Gasteiger partial charge in [-0.05, 0) is 37.5 Å². The minimum Gasteiger partial charge on any atom is -0.354 e. The van der Waals surface area contributed by atoms with Gasteiger partial charge in [-0.25, -0.2) is 0 Å². The fourth-order valence-corrected chi connectivity index (χ4v) is 2.70. The molecule has 0 spiro atoms. The van der Waals surface area contributed by atoms with E-state index in [1.165, 1.54) is 5.56 Å². The molecule has 0 radical (unpaired) electrons. The van der Waals surface area contributed by atoms with E-state index in [4.69, 9.17) is 11.6 Å². The Hall–Kier alpha value is -2.33. The van der Waals surface area contributed by atoms with Crippen molar-refractivity contribution in [3.05, 3.63) is 70.7 Å². The average Bonchev–Trinajstić information content (AvgIpc) is 2.61. The van der Waals surface area contributed by atoms with Crippen LogP contribution in [0.25, 0.3) is 0 Å². The largest absolute Gasteiger partial charge is 0.354 e. The Bertz CT molecular complexity index is 704. The second-order valence-electron chi connectivity index (χ2n) is 5.98. The third-order valence-electron chi connectivity index (χ3n) is 3.87. The molecule has 0 aliphatic heterocycles. The van der Waals surface area contributed by atoms with Crippen molar-refractivity contribution in [1.29, 1.82) is 0 Å². The number of aryl methyl sites for hydroxylation is 1. The quantitative estimate of drug-likeness (QED) is 0.757. The molecule has 5 heteroatoms. The number of halogens is 1. The average molecular weight is 359 g/mol. The minimum atomic E-state index is -0.268. The third kappa shape index (κ3) is 6.59. The van der Waals surface area contributed by atoms with Crippen molar-refractivity contribution in [2.24, 2.45) is 0 Å². The topological polar surface area (TPSA) is 58.2 Å². The zero-order chi connectivity index (χ0) is 18.1. The predicted octanol–water partition coefficient (Wildman–Crippen LogP) is 3.60. The molecule has 2 N–H and O–H groups in total. The van der Waals surface area contributed by atoms with Crippen LogP contribution in [-0.2, 0) is 11.2 Å². The summed E-state index contributed by atoms with van der Waals surface area (Å²) in [6, 6.07) is 17.1. The Morgan fingerprint density at radius 1 is 1.04 bits per heavy atom. The van der Waals surface area contributed by atoms with Crippen molar-refractivity contribution in [3.8, 4) is 0 Å². The summed E-state index contributed by atoms with van der Waals surface area (Å²) in [5.74, 6) is -0.337. The first-order valence-corrected chi connectivity index (χ1v) is 8.80. The third-order valence-corrected chi connectivity index (χ3v) is 4.20. The number of carbonyl (C=O) groups is 2. The first kappa shape index (κ1) is 19.0. The Labute approximate surface area is 153 Å². The Morgan fingerprint density at radius 2 is 1.72 bits per heavy atom. The van der Waals surface area contributed by atoms with E-state index < -0.39 is 0 Å². The summed E-state index contributed by atoms with van der Waals surface area (Å²) >= 11 is 5.97. The zero-order valence-corrected chi connectivity index (χ0v) is 15.1. The highest BCUT2D eigenvalue weighted by Crippen LogP contribution is 2.14. The van der Waals surface area contributed by atoms with Gasteiger partial charge >= 0.3 is 0 Å². The van der Waals surface area contributed by atoms with E-state index in [9.17, 15) is 9.59 Å². The molecule has 2 amide bonds. The number of hydrogen-bond acceptors (Lipinski definition) is 2. The Kier molecular flexibility index (Phi) is 7.48. The van der Waals surface area contributed by atoms with Gasteiger partial charge in [0.1, 0.15) is 0 Å². The monoisotopic (exact) mass is 358 g/mol. The molecule has 0 aliphatic carbocycles. The zero-order valence-electron chi connectivity index (χ0n) is 14.3. The van der Waals surface area contributed by atoms with Crippen molar-refractivity contribution in [2.75, 3.05) is 6.54 Å². The predicted molar refractivity (Wildman–Crippen MR) is 101 cm³/mol. The highest BCUT2D eigenvalue weighted by molar-refractivity contribution is 6.33. The first-order valence-electron chi connectivity index (χ1n) is 8.42. The van der Waals surface area contributed by atoms with Gasteiger partial charge in [-0.15, -0.1) is 0 Å². The Balaban J connectivity index is 1.66. The van der Waals surface area contributed by atoms with Crippen LogP contribution in [0.1, 0.15) is 35.7 Å². The van der Waals surface area contributed by atoms with E-state index >= 15 is 0 Å². The molecular formula is C20H23ClN2O2. The summed E-state index contributed by atoms with van der Waals surface area (Å²) in [5, 5.41) is 6.08. The lowest BCUT2D eigenvalue weighted by Gasteiger charge is -2.14. The maximum absolute atomic E-state index is 12.0. The van der Waals surface area contributed by atoms with Crippen LogP contribution in [0.4, 0.5) is 0 Å².